The maximum absolute atomic E-state index is 13.1. The lowest BCUT2D eigenvalue weighted by molar-refractivity contribution is -0.143. The van der Waals surface area contributed by atoms with Crippen LogP contribution in [0.4, 0.5) is 0 Å². The topological polar surface area (TPSA) is 124 Å². The van der Waals surface area contributed by atoms with E-state index in [0.717, 1.165) is 12.8 Å². The zero-order valence-electron chi connectivity index (χ0n) is 20.2. The number of para-hydroxylation sites is 2. The summed E-state index contributed by atoms with van der Waals surface area (Å²) < 4.78 is 22.5. The molecule has 36 heavy (non-hydrogen) atoms. The van der Waals surface area contributed by atoms with E-state index < -0.39 is 5.97 Å². The fourth-order valence-electron chi connectivity index (χ4n) is 4.36. The Labute approximate surface area is 208 Å². The standard InChI is InChI=1S/C27H29NO8/c1-16-26(36-22-6-4-3-5-21(22)33-2)25(30)20-12-11-19(13-23(20)35-16)34-15-24(29)28-14-17-7-9-18(10-8-17)27(31)32/h3-6,11-13,17-18H,7-10,14-15H2,1-2H3,(H,28,29)(H,31,32). The molecule has 1 aromatic heterocycles. The molecule has 1 heterocycles. The lowest BCUT2D eigenvalue weighted by Crippen LogP contribution is -2.35. The van der Waals surface area contributed by atoms with E-state index in [1.807, 2.05) is 0 Å². The van der Waals surface area contributed by atoms with Crippen LogP contribution in [-0.2, 0) is 9.59 Å². The second-order valence-electron chi connectivity index (χ2n) is 8.88. The summed E-state index contributed by atoms with van der Waals surface area (Å²) >= 11 is 0. The molecule has 0 atom stereocenters. The van der Waals surface area contributed by atoms with Crippen LogP contribution >= 0.6 is 0 Å². The number of nitrogens with one attached hydrogen (secondary N) is 1. The van der Waals surface area contributed by atoms with Crippen LogP contribution in [0.1, 0.15) is 31.4 Å². The molecular weight excluding hydrogens is 466 g/mol. The third-order valence-corrected chi connectivity index (χ3v) is 6.42. The van der Waals surface area contributed by atoms with Gasteiger partial charge in [-0.2, -0.15) is 0 Å². The number of hydrogen-bond acceptors (Lipinski definition) is 7. The number of aryl methyl sites for hydroxylation is 1. The van der Waals surface area contributed by atoms with Gasteiger partial charge >= 0.3 is 5.97 Å². The molecule has 0 saturated heterocycles. The highest BCUT2D eigenvalue weighted by molar-refractivity contribution is 5.80. The number of benzene rings is 2. The summed E-state index contributed by atoms with van der Waals surface area (Å²) in [6.07, 6.45) is 2.84. The molecule has 2 aromatic carbocycles. The Morgan fingerprint density at radius 1 is 1.08 bits per heavy atom. The summed E-state index contributed by atoms with van der Waals surface area (Å²) in [6.45, 7) is 1.94. The fraction of sp³-hybridized carbons (Fsp3) is 0.370. The average molecular weight is 496 g/mol. The fourth-order valence-corrected chi connectivity index (χ4v) is 4.36. The molecule has 1 amide bonds. The molecular formula is C27H29NO8. The molecule has 1 aliphatic carbocycles. The van der Waals surface area contributed by atoms with Crippen molar-refractivity contribution < 1.29 is 33.3 Å². The molecule has 9 heteroatoms. The van der Waals surface area contributed by atoms with E-state index in [1.165, 1.54) is 7.11 Å². The molecule has 9 nitrogen and oxygen atoms in total. The van der Waals surface area contributed by atoms with E-state index in [9.17, 15) is 14.4 Å². The first-order valence-corrected chi connectivity index (χ1v) is 11.9. The van der Waals surface area contributed by atoms with E-state index in [1.54, 1.807) is 49.4 Å². The maximum atomic E-state index is 13.1. The minimum atomic E-state index is -0.743. The largest absolute Gasteiger partial charge is 0.493 e. The second-order valence-corrected chi connectivity index (χ2v) is 8.88. The molecule has 1 fully saturated rings. The van der Waals surface area contributed by atoms with Gasteiger partial charge in [-0.1, -0.05) is 12.1 Å². The third-order valence-electron chi connectivity index (χ3n) is 6.42. The van der Waals surface area contributed by atoms with Crippen LogP contribution in [-0.4, -0.2) is 37.2 Å². The number of carboxylic acids is 1. The Balaban J connectivity index is 1.37. The number of ether oxygens (including phenoxy) is 3. The van der Waals surface area contributed by atoms with Gasteiger partial charge in [0.15, 0.2) is 18.1 Å². The first-order chi connectivity index (χ1) is 17.4. The van der Waals surface area contributed by atoms with Crippen LogP contribution in [0.3, 0.4) is 0 Å². The van der Waals surface area contributed by atoms with E-state index in [4.69, 9.17) is 23.7 Å². The Morgan fingerprint density at radius 2 is 1.81 bits per heavy atom. The Hall–Kier alpha value is -4.01. The first kappa shape index (κ1) is 25.1. The van der Waals surface area contributed by atoms with Crippen LogP contribution in [0, 0.1) is 18.8 Å². The van der Waals surface area contributed by atoms with E-state index >= 15 is 0 Å². The summed E-state index contributed by atoms with van der Waals surface area (Å²) in [5.74, 6) is 0.627. The van der Waals surface area contributed by atoms with Crippen molar-refractivity contribution >= 4 is 22.8 Å². The van der Waals surface area contributed by atoms with Crippen molar-refractivity contribution in [2.24, 2.45) is 11.8 Å². The molecule has 0 unspecified atom stereocenters. The van der Waals surface area contributed by atoms with Crippen molar-refractivity contribution in [2.75, 3.05) is 20.3 Å². The van der Waals surface area contributed by atoms with Crippen molar-refractivity contribution in [3.05, 3.63) is 58.4 Å². The predicted octanol–water partition coefficient (Wildman–Crippen LogP) is 4.29. The second kappa shape index (κ2) is 11.2. The maximum Gasteiger partial charge on any atom is 0.306 e. The van der Waals surface area contributed by atoms with Crippen LogP contribution < -0.4 is 25.0 Å². The number of methoxy groups -OCH3 is 1. The van der Waals surface area contributed by atoms with Gasteiger partial charge in [0.1, 0.15) is 17.1 Å². The summed E-state index contributed by atoms with van der Waals surface area (Å²) in [6, 6.07) is 11.7. The predicted molar refractivity (Wildman–Crippen MR) is 132 cm³/mol. The molecule has 3 aromatic rings. The minimum absolute atomic E-state index is 0.0671. The molecule has 4 rings (SSSR count). The van der Waals surface area contributed by atoms with Gasteiger partial charge in [0, 0.05) is 12.6 Å². The highest BCUT2D eigenvalue weighted by Crippen LogP contribution is 2.33. The molecule has 0 bridgehead atoms. The number of aliphatic carboxylic acids is 1. The monoisotopic (exact) mass is 495 g/mol. The van der Waals surface area contributed by atoms with Gasteiger partial charge in [-0.05, 0) is 62.8 Å². The van der Waals surface area contributed by atoms with Crippen molar-refractivity contribution in [1.29, 1.82) is 0 Å². The van der Waals surface area contributed by atoms with E-state index in [2.05, 4.69) is 5.32 Å². The number of amides is 1. The summed E-state index contributed by atoms with van der Waals surface area (Å²) in [4.78, 5) is 36.4. The van der Waals surface area contributed by atoms with Gasteiger partial charge in [-0.25, -0.2) is 0 Å². The highest BCUT2D eigenvalue weighted by atomic mass is 16.5. The van der Waals surface area contributed by atoms with Gasteiger partial charge in [0.05, 0.1) is 18.4 Å². The summed E-state index contributed by atoms with van der Waals surface area (Å²) in [5.41, 5.74) is -0.0143. The quantitative estimate of drug-likeness (QED) is 0.451. The minimum Gasteiger partial charge on any atom is -0.493 e. The zero-order chi connectivity index (χ0) is 25.7. The van der Waals surface area contributed by atoms with Gasteiger partial charge in [-0.3, -0.25) is 14.4 Å². The molecule has 0 aliphatic heterocycles. The molecule has 0 radical (unpaired) electrons. The van der Waals surface area contributed by atoms with Crippen molar-refractivity contribution in [3.63, 3.8) is 0 Å². The Bertz CT molecular complexity index is 1310. The number of rotatable bonds is 9. The zero-order valence-corrected chi connectivity index (χ0v) is 20.2. The number of hydrogen-bond donors (Lipinski definition) is 2. The summed E-state index contributed by atoms with van der Waals surface area (Å²) in [7, 11) is 1.52. The van der Waals surface area contributed by atoms with Crippen molar-refractivity contribution in [1.82, 2.24) is 5.32 Å². The van der Waals surface area contributed by atoms with Gasteiger partial charge in [0.25, 0.3) is 5.91 Å². The molecule has 1 aliphatic rings. The number of carbonyl (C=O) groups is 2. The lowest BCUT2D eigenvalue weighted by Gasteiger charge is -2.26. The third kappa shape index (κ3) is 5.79. The smallest absolute Gasteiger partial charge is 0.306 e. The van der Waals surface area contributed by atoms with Gasteiger partial charge in [0.2, 0.25) is 11.2 Å². The number of carbonyl (C=O) groups excluding carboxylic acids is 1. The summed E-state index contributed by atoms with van der Waals surface area (Å²) in [5, 5.41) is 12.3. The molecule has 0 spiro atoms. The van der Waals surface area contributed by atoms with Crippen molar-refractivity contribution in [3.8, 4) is 23.0 Å². The normalized spacial score (nSPS) is 17.4. The Morgan fingerprint density at radius 3 is 2.50 bits per heavy atom. The van der Waals surface area contributed by atoms with Crippen LogP contribution in [0.2, 0.25) is 0 Å². The SMILES string of the molecule is COc1ccccc1Oc1c(C)oc2cc(OCC(=O)NCC3CCC(C(=O)O)CC3)ccc2c1=O. The highest BCUT2D eigenvalue weighted by Gasteiger charge is 2.26. The number of fused-ring (bicyclic) bond motifs is 1. The number of carboxylic acid groups (broad SMARTS) is 1. The first-order valence-electron chi connectivity index (χ1n) is 11.9. The Kier molecular flexibility index (Phi) is 7.77. The lowest BCUT2D eigenvalue weighted by atomic mass is 9.82. The molecule has 1 saturated carbocycles. The average Bonchev–Trinajstić information content (AvgIpc) is 2.89. The molecule has 190 valence electrons. The van der Waals surface area contributed by atoms with Crippen LogP contribution in [0.15, 0.2) is 51.7 Å². The van der Waals surface area contributed by atoms with Gasteiger partial charge in [-0.15, -0.1) is 0 Å². The molecule has 2 N–H and O–H groups in total. The van der Waals surface area contributed by atoms with Gasteiger partial charge < -0.3 is 29.1 Å². The van der Waals surface area contributed by atoms with Crippen LogP contribution in [0.25, 0.3) is 11.0 Å². The van der Waals surface area contributed by atoms with E-state index in [-0.39, 0.29) is 35.5 Å². The van der Waals surface area contributed by atoms with E-state index in [0.29, 0.717) is 53.4 Å². The van der Waals surface area contributed by atoms with Crippen LogP contribution in [0.5, 0.6) is 23.0 Å². The van der Waals surface area contributed by atoms with Crippen molar-refractivity contribution in [2.45, 2.75) is 32.6 Å².